The number of nitrogens with zero attached hydrogens (tertiary/aromatic N) is 1. The molecule has 1 atom stereocenters. The third-order valence-corrected chi connectivity index (χ3v) is 5.10. The Kier molecular flexibility index (Phi) is 4.51. The first kappa shape index (κ1) is 14.8. The molecule has 0 aliphatic carbocycles. The van der Waals surface area contributed by atoms with Gasteiger partial charge in [0, 0.05) is 17.8 Å². The number of thiophene rings is 1. The third-order valence-electron chi connectivity index (χ3n) is 4.08. The van der Waals surface area contributed by atoms with Crippen molar-refractivity contribution in [3.63, 3.8) is 0 Å². The molecule has 4 heteroatoms. The predicted octanol–water partition coefficient (Wildman–Crippen LogP) is 3.49. The fourth-order valence-electron chi connectivity index (χ4n) is 2.82. The number of halogens is 1. The zero-order chi connectivity index (χ0) is 12.6. The van der Waals surface area contributed by atoms with Crippen molar-refractivity contribution >= 4 is 33.8 Å². The van der Waals surface area contributed by atoms with Crippen LogP contribution < -0.4 is 5.73 Å². The quantitative estimate of drug-likeness (QED) is 0.939. The molecule has 3 rings (SSSR count). The molecule has 0 spiro atoms. The number of nitrogens with two attached hydrogens (primary N) is 1. The molecule has 1 aliphatic heterocycles. The summed E-state index contributed by atoms with van der Waals surface area (Å²) in [7, 11) is 0. The molecule has 0 bridgehead atoms. The van der Waals surface area contributed by atoms with E-state index in [9.17, 15) is 0 Å². The maximum absolute atomic E-state index is 5.87. The number of hydrogen-bond donors (Lipinski definition) is 1. The lowest BCUT2D eigenvalue weighted by molar-refractivity contribution is 0.275. The highest BCUT2D eigenvalue weighted by atomic mass is 35.5. The highest BCUT2D eigenvalue weighted by molar-refractivity contribution is 7.17. The van der Waals surface area contributed by atoms with Crippen LogP contribution in [0.15, 0.2) is 29.6 Å². The van der Waals surface area contributed by atoms with Gasteiger partial charge in [0.1, 0.15) is 0 Å². The molecule has 1 fully saturated rings. The first-order valence-corrected chi connectivity index (χ1v) is 7.46. The lowest BCUT2D eigenvalue weighted by atomic mass is 9.90. The molecular formula is C15H21ClN2S. The Morgan fingerprint density at radius 2 is 2.16 bits per heavy atom. The highest BCUT2D eigenvalue weighted by Gasteiger charge is 2.32. The Morgan fingerprint density at radius 3 is 2.89 bits per heavy atom. The van der Waals surface area contributed by atoms with E-state index >= 15 is 0 Å². The molecule has 1 aliphatic rings. The van der Waals surface area contributed by atoms with Gasteiger partial charge in [0.15, 0.2) is 0 Å². The SMILES string of the molecule is CC1(CN)CCN(Cc2csc3ccccc23)C1.Cl. The average molecular weight is 297 g/mol. The topological polar surface area (TPSA) is 29.3 Å². The first-order valence-electron chi connectivity index (χ1n) is 6.58. The van der Waals surface area contributed by atoms with Crippen molar-refractivity contribution in [1.29, 1.82) is 0 Å². The molecule has 104 valence electrons. The molecule has 0 saturated carbocycles. The van der Waals surface area contributed by atoms with Gasteiger partial charge in [0.25, 0.3) is 0 Å². The fraction of sp³-hybridized carbons (Fsp3) is 0.467. The fourth-order valence-corrected chi connectivity index (χ4v) is 3.78. The summed E-state index contributed by atoms with van der Waals surface area (Å²) >= 11 is 1.85. The van der Waals surface area contributed by atoms with Gasteiger partial charge in [-0.3, -0.25) is 4.90 Å². The number of fused-ring (bicyclic) bond motifs is 1. The normalized spacial score (nSPS) is 23.7. The van der Waals surface area contributed by atoms with Gasteiger partial charge in [0.2, 0.25) is 0 Å². The number of rotatable bonds is 3. The van der Waals surface area contributed by atoms with Crippen LogP contribution in [-0.4, -0.2) is 24.5 Å². The van der Waals surface area contributed by atoms with Crippen molar-refractivity contribution in [2.24, 2.45) is 11.1 Å². The molecule has 1 saturated heterocycles. The van der Waals surface area contributed by atoms with Crippen molar-refractivity contribution in [3.05, 3.63) is 35.2 Å². The van der Waals surface area contributed by atoms with Crippen LogP contribution >= 0.6 is 23.7 Å². The van der Waals surface area contributed by atoms with Gasteiger partial charge in [0.05, 0.1) is 0 Å². The third kappa shape index (κ3) is 2.95. The minimum absolute atomic E-state index is 0. The summed E-state index contributed by atoms with van der Waals surface area (Å²) in [5.41, 5.74) is 7.66. The Bertz CT molecular complexity index is 554. The second-order valence-electron chi connectivity index (χ2n) is 5.73. The van der Waals surface area contributed by atoms with E-state index in [-0.39, 0.29) is 12.4 Å². The van der Waals surface area contributed by atoms with E-state index in [1.54, 1.807) is 0 Å². The number of hydrogen-bond acceptors (Lipinski definition) is 3. The smallest absolute Gasteiger partial charge is 0.0346 e. The van der Waals surface area contributed by atoms with E-state index in [4.69, 9.17) is 5.73 Å². The standard InChI is InChI=1S/C15H20N2S.ClH/c1-15(10-16)6-7-17(11-15)8-12-9-18-14-5-3-2-4-13(12)14;/h2-5,9H,6-8,10-11,16H2,1H3;1H. The van der Waals surface area contributed by atoms with E-state index < -0.39 is 0 Å². The molecule has 0 amide bonds. The second-order valence-corrected chi connectivity index (χ2v) is 6.64. The number of benzene rings is 1. The van der Waals surface area contributed by atoms with Gasteiger partial charge >= 0.3 is 0 Å². The minimum Gasteiger partial charge on any atom is -0.330 e. The predicted molar refractivity (Wildman–Crippen MR) is 86.1 cm³/mol. The Labute approximate surface area is 125 Å². The lowest BCUT2D eigenvalue weighted by Gasteiger charge is -2.22. The van der Waals surface area contributed by atoms with Crippen LogP contribution in [0.4, 0.5) is 0 Å². The van der Waals surface area contributed by atoms with E-state index in [0.717, 1.165) is 19.6 Å². The largest absolute Gasteiger partial charge is 0.330 e. The molecule has 1 aromatic heterocycles. The van der Waals surface area contributed by atoms with Crippen molar-refractivity contribution in [2.75, 3.05) is 19.6 Å². The minimum atomic E-state index is 0. The summed E-state index contributed by atoms with van der Waals surface area (Å²) in [6.45, 7) is 6.48. The summed E-state index contributed by atoms with van der Waals surface area (Å²) in [6, 6.07) is 8.69. The molecule has 1 unspecified atom stereocenters. The summed E-state index contributed by atoms with van der Waals surface area (Å²) < 4.78 is 1.40. The zero-order valence-electron chi connectivity index (χ0n) is 11.3. The highest BCUT2D eigenvalue weighted by Crippen LogP contribution is 2.32. The van der Waals surface area contributed by atoms with Crippen molar-refractivity contribution < 1.29 is 0 Å². The van der Waals surface area contributed by atoms with E-state index in [1.165, 1.54) is 28.6 Å². The molecule has 0 radical (unpaired) electrons. The van der Waals surface area contributed by atoms with Crippen LogP contribution in [0.25, 0.3) is 10.1 Å². The van der Waals surface area contributed by atoms with Crippen LogP contribution in [0.3, 0.4) is 0 Å². The van der Waals surface area contributed by atoms with Crippen LogP contribution in [0.2, 0.25) is 0 Å². The van der Waals surface area contributed by atoms with E-state index in [2.05, 4.69) is 41.5 Å². The average Bonchev–Trinajstić information content (AvgIpc) is 2.96. The summed E-state index contributed by atoms with van der Waals surface area (Å²) in [5, 5.41) is 3.73. The zero-order valence-corrected chi connectivity index (χ0v) is 12.9. The van der Waals surface area contributed by atoms with Gasteiger partial charge in [-0.05, 0) is 47.3 Å². The van der Waals surface area contributed by atoms with Crippen molar-refractivity contribution in [1.82, 2.24) is 4.90 Å². The van der Waals surface area contributed by atoms with Crippen molar-refractivity contribution in [2.45, 2.75) is 19.9 Å². The number of likely N-dealkylation sites (tertiary alicyclic amines) is 1. The Balaban J connectivity index is 0.00000133. The van der Waals surface area contributed by atoms with Crippen LogP contribution in [0.1, 0.15) is 18.9 Å². The van der Waals surface area contributed by atoms with Gasteiger partial charge in [-0.1, -0.05) is 25.1 Å². The summed E-state index contributed by atoms with van der Waals surface area (Å²) in [5.74, 6) is 0. The summed E-state index contributed by atoms with van der Waals surface area (Å²) in [6.07, 6.45) is 1.23. The maximum Gasteiger partial charge on any atom is 0.0346 e. The Hall–Kier alpha value is -0.610. The molecule has 19 heavy (non-hydrogen) atoms. The van der Waals surface area contributed by atoms with Crippen LogP contribution in [0.5, 0.6) is 0 Å². The molecule has 2 nitrogen and oxygen atoms in total. The first-order chi connectivity index (χ1) is 8.70. The monoisotopic (exact) mass is 296 g/mol. The lowest BCUT2D eigenvalue weighted by Crippen LogP contribution is -2.31. The molecule has 2 heterocycles. The second kappa shape index (κ2) is 5.80. The Morgan fingerprint density at radius 1 is 1.37 bits per heavy atom. The van der Waals surface area contributed by atoms with Gasteiger partial charge < -0.3 is 5.73 Å². The van der Waals surface area contributed by atoms with Crippen LogP contribution in [0, 0.1) is 5.41 Å². The molecule has 2 aromatic rings. The van der Waals surface area contributed by atoms with E-state index in [0.29, 0.717) is 5.41 Å². The van der Waals surface area contributed by atoms with Gasteiger partial charge in [-0.25, -0.2) is 0 Å². The molecule has 2 N–H and O–H groups in total. The van der Waals surface area contributed by atoms with Gasteiger partial charge in [-0.15, -0.1) is 23.7 Å². The van der Waals surface area contributed by atoms with E-state index in [1.807, 2.05) is 11.3 Å². The molecule has 1 aromatic carbocycles. The van der Waals surface area contributed by atoms with Crippen LogP contribution in [-0.2, 0) is 6.54 Å². The van der Waals surface area contributed by atoms with Crippen molar-refractivity contribution in [3.8, 4) is 0 Å². The molecular weight excluding hydrogens is 276 g/mol. The summed E-state index contributed by atoms with van der Waals surface area (Å²) in [4.78, 5) is 2.54. The van der Waals surface area contributed by atoms with Gasteiger partial charge in [-0.2, -0.15) is 0 Å². The maximum atomic E-state index is 5.87.